The summed E-state index contributed by atoms with van der Waals surface area (Å²) in [4.78, 5) is 24.8. The van der Waals surface area contributed by atoms with Crippen molar-refractivity contribution < 1.29 is 14.5 Å². The molecule has 0 aliphatic heterocycles. The van der Waals surface area contributed by atoms with E-state index in [-0.39, 0.29) is 18.2 Å². The largest absolute Gasteiger partial charge is 0.484 e. The number of ether oxygens (including phenoxy) is 1. The first-order valence-electron chi connectivity index (χ1n) is 9.98. The third kappa shape index (κ3) is 5.36. The molecule has 1 heterocycles. The van der Waals surface area contributed by atoms with Crippen LogP contribution in [0.3, 0.4) is 0 Å². The van der Waals surface area contributed by atoms with E-state index in [0.29, 0.717) is 11.4 Å². The lowest BCUT2D eigenvalue weighted by Crippen LogP contribution is -2.26. The number of benzene rings is 2. The normalized spacial score (nSPS) is 11.0. The van der Waals surface area contributed by atoms with Crippen LogP contribution in [0.4, 0.5) is 11.4 Å². The van der Waals surface area contributed by atoms with Gasteiger partial charge in [-0.1, -0.05) is 13.8 Å². The van der Waals surface area contributed by atoms with Gasteiger partial charge in [0.05, 0.1) is 4.92 Å². The van der Waals surface area contributed by atoms with E-state index < -0.39 is 4.92 Å². The van der Waals surface area contributed by atoms with E-state index >= 15 is 0 Å². The first-order valence-corrected chi connectivity index (χ1v) is 9.98. The van der Waals surface area contributed by atoms with Gasteiger partial charge in [-0.05, 0) is 49.5 Å². The molecule has 0 spiro atoms. The van der Waals surface area contributed by atoms with Crippen molar-refractivity contribution in [3.63, 3.8) is 0 Å². The highest BCUT2D eigenvalue weighted by atomic mass is 16.6. The molecule has 3 aromatic rings. The van der Waals surface area contributed by atoms with Crippen LogP contribution >= 0.6 is 0 Å². The molecule has 0 saturated heterocycles. The fourth-order valence-corrected chi connectivity index (χ4v) is 3.27. The zero-order valence-corrected chi connectivity index (χ0v) is 17.2. The number of aromatic nitrogens is 1. The summed E-state index contributed by atoms with van der Waals surface area (Å²) in [6.45, 7) is 8.13. The third-order valence-electron chi connectivity index (χ3n) is 5.02. The molecule has 30 heavy (non-hydrogen) atoms. The van der Waals surface area contributed by atoms with Crippen molar-refractivity contribution in [2.75, 3.05) is 31.6 Å². The Bertz CT molecular complexity index is 1010. The lowest BCUT2D eigenvalue weighted by atomic mass is 10.2. The van der Waals surface area contributed by atoms with Crippen LogP contribution in [0.2, 0.25) is 0 Å². The number of nitrogens with one attached hydrogen (secondary N) is 1. The minimum atomic E-state index is -0.483. The van der Waals surface area contributed by atoms with Gasteiger partial charge in [-0.25, -0.2) is 0 Å². The molecule has 0 unspecified atom stereocenters. The lowest BCUT2D eigenvalue weighted by molar-refractivity contribution is -0.384. The van der Waals surface area contributed by atoms with E-state index in [1.807, 2.05) is 24.3 Å². The molecule has 0 radical (unpaired) electrons. The van der Waals surface area contributed by atoms with Gasteiger partial charge in [-0.3, -0.25) is 14.9 Å². The fraction of sp³-hybridized carbons (Fsp3) is 0.318. The average molecular weight is 410 g/mol. The minimum Gasteiger partial charge on any atom is -0.484 e. The maximum absolute atomic E-state index is 12.2. The zero-order chi connectivity index (χ0) is 21.5. The molecule has 0 aliphatic carbocycles. The van der Waals surface area contributed by atoms with Gasteiger partial charge in [0, 0.05) is 48.0 Å². The van der Waals surface area contributed by atoms with Gasteiger partial charge in [0.25, 0.3) is 11.6 Å². The van der Waals surface area contributed by atoms with Crippen LogP contribution in [0.15, 0.2) is 54.7 Å². The Kier molecular flexibility index (Phi) is 7.03. The molecule has 0 aliphatic rings. The van der Waals surface area contributed by atoms with E-state index in [2.05, 4.69) is 34.8 Å². The van der Waals surface area contributed by atoms with Crippen molar-refractivity contribution in [3.8, 4) is 5.75 Å². The number of hydrogen-bond donors (Lipinski definition) is 1. The standard InChI is InChI=1S/C22H26N4O4/c1-3-24(4-2)13-14-25-12-11-17-15-18(5-10-21(17)25)23-22(27)16-30-20-8-6-19(7-9-20)26(28)29/h5-12,15H,3-4,13-14,16H2,1-2H3,(H,23,27). The SMILES string of the molecule is CCN(CC)CCn1ccc2cc(NC(=O)COc3ccc([N+](=O)[O-])cc3)ccc21. The minimum absolute atomic E-state index is 0.0239. The van der Waals surface area contributed by atoms with Crippen LogP contribution in [-0.2, 0) is 11.3 Å². The number of nitrogens with zero attached hydrogens (tertiary/aromatic N) is 3. The van der Waals surface area contributed by atoms with Crippen LogP contribution in [0, 0.1) is 10.1 Å². The van der Waals surface area contributed by atoms with Crippen molar-refractivity contribution in [1.82, 2.24) is 9.47 Å². The van der Waals surface area contributed by atoms with Gasteiger partial charge in [-0.2, -0.15) is 0 Å². The quantitative estimate of drug-likeness (QED) is 0.404. The van der Waals surface area contributed by atoms with E-state index in [0.717, 1.165) is 37.1 Å². The molecular formula is C22H26N4O4. The predicted molar refractivity (Wildman–Crippen MR) is 117 cm³/mol. The fourth-order valence-electron chi connectivity index (χ4n) is 3.27. The molecule has 2 aromatic carbocycles. The first kappa shape index (κ1) is 21.3. The second-order valence-corrected chi connectivity index (χ2v) is 6.90. The molecule has 0 saturated carbocycles. The van der Waals surface area contributed by atoms with Gasteiger partial charge >= 0.3 is 0 Å². The van der Waals surface area contributed by atoms with Crippen molar-refractivity contribution in [1.29, 1.82) is 0 Å². The summed E-state index contributed by atoms with van der Waals surface area (Å²) in [6, 6.07) is 13.5. The number of likely N-dealkylation sites (N-methyl/N-ethyl adjacent to an activating group) is 1. The molecule has 0 fully saturated rings. The van der Waals surface area contributed by atoms with E-state index in [4.69, 9.17) is 4.74 Å². The predicted octanol–water partition coefficient (Wildman–Crippen LogP) is 3.91. The third-order valence-corrected chi connectivity index (χ3v) is 5.02. The number of carbonyl (C=O) groups is 1. The summed E-state index contributed by atoms with van der Waals surface area (Å²) in [5.74, 6) is 0.102. The van der Waals surface area contributed by atoms with Gasteiger partial charge in [-0.15, -0.1) is 0 Å². The Labute approximate surface area is 175 Å². The Hall–Kier alpha value is -3.39. The number of rotatable bonds is 10. The molecule has 0 atom stereocenters. The van der Waals surface area contributed by atoms with E-state index in [9.17, 15) is 14.9 Å². The van der Waals surface area contributed by atoms with Crippen molar-refractivity contribution >= 4 is 28.2 Å². The van der Waals surface area contributed by atoms with Crippen molar-refractivity contribution in [2.24, 2.45) is 0 Å². The van der Waals surface area contributed by atoms with Crippen LogP contribution in [-0.4, -0.2) is 46.5 Å². The van der Waals surface area contributed by atoms with Crippen LogP contribution < -0.4 is 10.1 Å². The first-order chi connectivity index (χ1) is 14.5. The summed E-state index contributed by atoms with van der Waals surface area (Å²) >= 11 is 0. The molecule has 3 rings (SSSR count). The molecule has 1 N–H and O–H groups in total. The van der Waals surface area contributed by atoms with Crippen LogP contribution in [0.1, 0.15) is 13.8 Å². The summed E-state index contributed by atoms with van der Waals surface area (Å²) in [5.41, 5.74) is 1.80. The highest BCUT2D eigenvalue weighted by Crippen LogP contribution is 2.21. The van der Waals surface area contributed by atoms with E-state index in [1.165, 1.54) is 24.3 Å². The number of hydrogen-bond acceptors (Lipinski definition) is 5. The summed E-state index contributed by atoms with van der Waals surface area (Å²) in [6.07, 6.45) is 2.07. The van der Waals surface area contributed by atoms with Crippen LogP contribution in [0.5, 0.6) is 5.75 Å². The molecule has 158 valence electrons. The Balaban J connectivity index is 1.56. The maximum atomic E-state index is 12.2. The van der Waals surface area contributed by atoms with Gasteiger partial charge in [0.15, 0.2) is 6.61 Å². The maximum Gasteiger partial charge on any atom is 0.269 e. The summed E-state index contributed by atoms with van der Waals surface area (Å²) in [7, 11) is 0. The van der Waals surface area contributed by atoms with Crippen molar-refractivity contribution in [2.45, 2.75) is 20.4 Å². The number of anilines is 1. The highest BCUT2D eigenvalue weighted by molar-refractivity contribution is 5.94. The molecule has 0 bridgehead atoms. The zero-order valence-electron chi connectivity index (χ0n) is 17.2. The number of amides is 1. The lowest BCUT2D eigenvalue weighted by Gasteiger charge is -2.18. The highest BCUT2D eigenvalue weighted by Gasteiger charge is 2.09. The number of non-ortho nitro benzene ring substituents is 1. The molecular weight excluding hydrogens is 384 g/mol. The summed E-state index contributed by atoms with van der Waals surface area (Å²) < 4.78 is 7.62. The Morgan fingerprint density at radius 1 is 1.13 bits per heavy atom. The smallest absolute Gasteiger partial charge is 0.269 e. The number of nitro benzene ring substituents is 1. The van der Waals surface area contributed by atoms with Gasteiger partial charge in [0.2, 0.25) is 0 Å². The number of nitro groups is 1. The monoisotopic (exact) mass is 410 g/mol. The van der Waals surface area contributed by atoms with Crippen molar-refractivity contribution in [3.05, 3.63) is 64.8 Å². The second-order valence-electron chi connectivity index (χ2n) is 6.90. The molecule has 1 aromatic heterocycles. The number of fused-ring (bicyclic) bond motifs is 1. The van der Waals surface area contributed by atoms with Gasteiger partial charge in [0.1, 0.15) is 5.75 Å². The Morgan fingerprint density at radius 2 is 1.87 bits per heavy atom. The second kappa shape index (κ2) is 9.89. The number of carbonyl (C=O) groups excluding carboxylic acids is 1. The van der Waals surface area contributed by atoms with Crippen LogP contribution in [0.25, 0.3) is 10.9 Å². The topological polar surface area (TPSA) is 89.6 Å². The van der Waals surface area contributed by atoms with Gasteiger partial charge < -0.3 is 19.5 Å². The van der Waals surface area contributed by atoms with E-state index in [1.54, 1.807) is 0 Å². The molecule has 1 amide bonds. The molecule has 8 heteroatoms. The Morgan fingerprint density at radius 3 is 2.53 bits per heavy atom. The average Bonchev–Trinajstić information content (AvgIpc) is 3.15. The molecule has 8 nitrogen and oxygen atoms in total. The summed E-state index contributed by atoms with van der Waals surface area (Å²) in [5, 5.41) is 14.5.